The molecule has 0 fully saturated rings. The Kier molecular flexibility index (Phi) is 3.81. The van der Waals surface area contributed by atoms with Crippen LogP contribution in [-0.2, 0) is 6.42 Å². The van der Waals surface area contributed by atoms with Gasteiger partial charge in [-0.3, -0.25) is 0 Å². The summed E-state index contributed by atoms with van der Waals surface area (Å²) in [6.45, 7) is 5.71. The van der Waals surface area contributed by atoms with E-state index in [0.29, 0.717) is 6.04 Å². The Hall–Kier alpha value is -0.790. The normalized spacial score (nSPS) is 23.4. The number of rotatable bonds is 0. The third-order valence-corrected chi connectivity index (χ3v) is 4.79. The van der Waals surface area contributed by atoms with Crippen LogP contribution in [0.4, 0.5) is 0 Å². The van der Waals surface area contributed by atoms with Crippen molar-refractivity contribution in [3.05, 3.63) is 40.5 Å². The molecule has 3 rings (SSSR count). The van der Waals surface area contributed by atoms with Gasteiger partial charge >= 0.3 is 0 Å². The lowest BCUT2D eigenvalue weighted by atomic mass is 9.77. The van der Waals surface area contributed by atoms with Crippen molar-refractivity contribution in [3.8, 4) is 0 Å². The number of benzene rings is 1. The number of hydrogen-bond acceptors (Lipinski definition) is 0. The quantitative estimate of drug-likeness (QED) is 0.620. The summed E-state index contributed by atoms with van der Waals surface area (Å²) in [6, 6.07) is 7.66. The van der Waals surface area contributed by atoms with Crippen LogP contribution in [0.1, 0.15) is 49.4 Å². The van der Waals surface area contributed by atoms with Gasteiger partial charge in [0.15, 0.2) is 0 Å². The van der Waals surface area contributed by atoms with Crippen LogP contribution in [0.25, 0.3) is 5.57 Å². The highest BCUT2D eigenvalue weighted by molar-refractivity contribution is 5.74. The molecule has 0 amide bonds. The topological polar surface area (TPSA) is 0 Å². The van der Waals surface area contributed by atoms with Gasteiger partial charge in [-0.15, -0.1) is 0 Å². The molecule has 2 heteroatoms. The van der Waals surface area contributed by atoms with Gasteiger partial charge in [0.1, 0.15) is 12.6 Å². The van der Waals surface area contributed by atoms with Crippen molar-refractivity contribution in [3.63, 3.8) is 0 Å². The van der Waals surface area contributed by atoms with E-state index < -0.39 is 0 Å². The lowest BCUT2D eigenvalue weighted by Crippen LogP contribution is -3.00. The van der Waals surface area contributed by atoms with Crippen molar-refractivity contribution in [2.24, 2.45) is 0 Å². The highest BCUT2D eigenvalue weighted by Crippen LogP contribution is 2.46. The van der Waals surface area contributed by atoms with Crippen LogP contribution < -0.4 is 12.4 Å². The molecule has 0 saturated carbocycles. The minimum atomic E-state index is 0. The maximum Gasteiger partial charge on any atom is 0.115 e. The van der Waals surface area contributed by atoms with Crippen LogP contribution in [0, 0.1) is 0 Å². The Morgan fingerprint density at radius 1 is 1.21 bits per heavy atom. The lowest BCUT2D eigenvalue weighted by molar-refractivity contribution is -0.916. The molecule has 0 saturated heterocycles. The van der Waals surface area contributed by atoms with Crippen molar-refractivity contribution in [2.45, 2.75) is 39.2 Å². The average molecular weight is 278 g/mol. The first kappa shape index (κ1) is 14.6. The van der Waals surface area contributed by atoms with Gasteiger partial charge in [-0.05, 0) is 37.8 Å². The molecule has 2 aliphatic rings. The van der Waals surface area contributed by atoms with Crippen LogP contribution >= 0.6 is 0 Å². The molecule has 1 atom stereocenters. The summed E-state index contributed by atoms with van der Waals surface area (Å²) in [6.07, 6.45) is 3.98. The maximum atomic E-state index is 2.40. The maximum absolute atomic E-state index is 2.40. The summed E-state index contributed by atoms with van der Waals surface area (Å²) in [4.78, 5) is 0. The second kappa shape index (κ2) is 4.96. The first-order valence-electron chi connectivity index (χ1n) is 7.12. The molecule has 104 valence electrons. The van der Waals surface area contributed by atoms with Crippen molar-refractivity contribution in [1.29, 1.82) is 0 Å². The minimum Gasteiger partial charge on any atom is -1.00 e. The zero-order valence-electron chi connectivity index (χ0n) is 12.5. The molecular weight excluding hydrogens is 254 g/mol. The first-order chi connectivity index (χ1) is 8.50. The number of allylic oxidation sites excluding steroid dienone is 1. The molecule has 1 aliphatic heterocycles. The van der Waals surface area contributed by atoms with Gasteiger partial charge in [0.2, 0.25) is 0 Å². The molecule has 1 aromatic rings. The summed E-state index contributed by atoms with van der Waals surface area (Å²) in [5, 5.41) is 0. The highest BCUT2D eigenvalue weighted by Gasteiger charge is 2.40. The Morgan fingerprint density at radius 3 is 2.63 bits per heavy atom. The van der Waals surface area contributed by atoms with Crippen molar-refractivity contribution < 1.29 is 16.9 Å². The fourth-order valence-corrected chi connectivity index (χ4v) is 3.85. The van der Waals surface area contributed by atoms with Gasteiger partial charge in [-0.1, -0.05) is 23.8 Å². The molecule has 19 heavy (non-hydrogen) atoms. The van der Waals surface area contributed by atoms with Crippen LogP contribution in [0.3, 0.4) is 0 Å². The zero-order chi connectivity index (χ0) is 12.9. The Bertz CT molecular complexity index is 524. The van der Waals surface area contributed by atoms with E-state index >= 15 is 0 Å². The largest absolute Gasteiger partial charge is 1.00 e. The number of nitrogens with zero attached hydrogens (tertiary/aromatic N) is 1. The number of aryl methyl sites for hydroxylation is 1. The zero-order valence-corrected chi connectivity index (χ0v) is 13.2. The van der Waals surface area contributed by atoms with E-state index in [-0.39, 0.29) is 12.4 Å². The SMILES string of the molecule is CC(C)=C1C[N+](C)(C)C2CCCc3cccc1c32.[Cl-]. The van der Waals surface area contributed by atoms with Gasteiger partial charge < -0.3 is 16.9 Å². The molecule has 0 N–H and O–H groups in total. The van der Waals surface area contributed by atoms with Gasteiger partial charge in [-0.25, -0.2) is 0 Å². The number of quaternary nitrogens is 1. The van der Waals surface area contributed by atoms with E-state index in [1.165, 1.54) is 31.4 Å². The Morgan fingerprint density at radius 2 is 1.95 bits per heavy atom. The fourth-order valence-electron chi connectivity index (χ4n) is 3.85. The fraction of sp³-hybridized carbons (Fsp3) is 0.529. The molecule has 0 aromatic heterocycles. The van der Waals surface area contributed by atoms with Gasteiger partial charge in [0.25, 0.3) is 0 Å². The predicted octanol–water partition coefficient (Wildman–Crippen LogP) is 0.951. The molecule has 1 heterocycles. The summed E-state index contributed by atoms with van der Waals surface area (Å²) in [5.41, 5.74) is 7.88. The van der Waals surface area contributed by atoms with Gasteiger partial charge in [-0.2, -0.15) is 0 Å². The first-order valence-corrected chi connectivity index (χ1v) is 7.12. The van der Waals surface area contributed by atoms with Crippen LogP contribution in [0.2, 0.25) is 0 Å². The summed E-state index contributed by atoms with van der Waals surface area (Å²) in [7, 11) is 4.80. The third-order valence-electron chi connectivity index (χ3n) is 4.79. The van der Waals surface area contributed by atoms with E-state index in [1.54, 1.807) is 22.3 Å². The van der Waals surface area contributed by atoms with Crippen LogP contribution in [0.15, 0.2) is 23.8 Å². The molecule has 0 bridgehead atoms. The number of halogens is 1. The molecule has 0 radical (unpaired) electrons. The van der Waals surface area contributed by atoms with E-state index in [9.17, 15) is 0 Å². The molecule has 0 spiro atoms. The second-order valence-corrected chi connectivity index (χ2v) is 6.70. The van der Waals surface area contributed by atoms with Crippen molar-refractivity contribution in [2.75, 3.05) is 20.6 Å². The average Bonchev–Trinajstić information content (AvgIpc) is 2.33. The van der Waals surface area contributed by atoms with Crippen molar-refractivity contribution >= 4 is 5.57 Å². The minimum absolute atomic E-state index is 0. The molecular formula is C17H24ClN. The van der Waals surface area contributed by atoms with E-state index in [2.05, 4.69) is 46.1 Å². The second-order valence-electron chi connectivity index (χ2n) is 6.70. The van der Waals surface area contributed by atoms with Crippen molar-refractivity contribution in [1.82, 2.24) is 0 Å². The standard InChI is InChI=1S/C17H24N.ClH/c1-12(2)15-11-18(3,4)16-10-6-8-13-7-5-9-14(15)17(13)16;/h5,7,9,16H,6,8,10-11H2,1-4H3;1H/q+1;/p-1. The van der Waals surface area contributed by atoms with E-state index in [0.717, 1.165) is 4.48 Å². The van der Waals surface area contributed by atoms with Crippen LogP contribution in [0.5, 0.6) is 0 Å². The highest BCUT2D eigenvalue weighted by atomic mass is 35.5. The number of hydrogen-bond donors (Lipinski definition) is 0. The predicted molar refractivity (Wildman–Crippen MR) is 77.4 cm³/mol. The summed E-state index contributed by atoms with van der Waals surface area (Å²) in [5.74, 6) is 0. The molecule has 1 unspecified atom stereocenters. The Balaban J connectivity index is 0.00000133. The van der Waals surface area contributed by atoms with E-state index in [4.69, 9.17) is 0 Å². The van der Waals surface area contributed by atoms with Crippen LogP contribution in [-0.4, -0.2) is 25.1 Å². The van der Waals surface area contributed by atoms with Gasteiger partial charge in [0, 0.05) is 17.6 Å². The lowest BCUT2D eigenvalue weighted by Gasteiger charge is -2.46. The molecule has 1 aromatic carbocycles. The summed E-state index contributed by atoms with van der Waals surface area (Å²) < 4.78 is 1.13. The molecule has 1 aliphatic carbocycles. The smallest absolute Gasteiger partial charge is 0.115 e. The monoisotopic (exact) mass is 277 g/mol. The third kappa shape index (κ3) is 2.23. The number of likely N-dealkylation sites (N-methyl/N-ethyl adjacent to an activating group) is 1. The molecule has 1 nitrogen and oxygen atoms in total. The van der Waals surface area contributed by atoms with E-state index in [1.807, 2.05) is 0 Å². The van der Waals surface area contributed by atoms with Gasteiger partial charge in [0.05, 0.1) is 14.1 Å². The summed E-state index contributed by atoms with van der Waals surface area (Å²) >= 11 is 0. The Labute approximate surface area is 123 Å².